The van der Waals surface area contributed by atoms with Crippen molar-refractivity contribution in [3.05, 3.63) is 89.4 Å². The second kappa shape index (κ2) is 18.1. The lowest BCUT2D eigenvalue weighted by Crippen LogP contribution is -2.43. The predicted molar refractivity (Wildman–Crippen MR) is 167 cm³/mol. The summed E-state index contributed by atoms with van der Waals surface area (Å²) < 4.78 is 28.3. The number of rotatable bonds is 3. The van der Waals surface area contributed by atoms with Crippen LogP contribution >= 0.6 is 15.9 Å². The molecule has 2 aromatic carbocycles. The molecule has 0 radical (unpaired) electrons. The molecule has 220 valence electrons. The van der Waals surface area contributed by atoms with Crippen molar-refractivity contribution in [1.29, 1.82) is 0 Å². The van der Waals surface area contributed by atoms with Crippen molar-refractivity contribution in [1.82, 2.24) is 35.9 Å². The maximum atomic E-state index is 14.2. The highest BCUT2D eigenvalue weighted by Crippen LogP contribution is 2.25. The van der Waals surface area contributed by atoms with Gasteiger partial charge in [0.15, 0.2) is 11.6 Å². The molecular formula is C30H39BrF2N8. The fourth-order valence-corrected chi connectivity index (χ4v) is 4.29. The first-order chi connectivity index (χ1) is 19.1. The largest absolute Gasteiger partial charge is 0.369 e. The van der Waals surface area contributed by atoms with Crippen molar-refractivity contribution in [2.45, 2.75) is 14.9 Å². The molecule has 11 heteroatoms. The van der Waals surface area contributed by atoms with E-state index in [0.29, 0.717) is 27.2 Å². The smallest absolute Gasteiger partial charge is 0.162 e. The van der Waals surface area contributed by atoms with Crippen LogP contribution in [-0.4, -0.2) is 72.3 Å². The molecule has 4 heterocycles. The van der Waals surface area contributed by atoms with Gasteiger partial charge in [0.25, 0.3) is 0 Å². The zero-order valence-electron chi connectivity index (χ0n) is 21.5. The van der Waals surface area contributed by atoms with Gasteiger partial charge >= 0.3 is 0 Å². The van der Waals surface area contributed by atoms with Crippen LogP contribution in [0.15, 0.2) is 77.8 Å². The van der Waals surface area contributed by atoms with Gasteiger partial charge in [0.05, 0.1) is 11.1 Å². The quantitative estimate of drug-likeness (QED) is 0.286. The Morgan fingerprint density at radius 3 is 1.49 bits per heavy atom. The van der Waals surface area contributed by atoms with E-state index >= 15 is 0 Å². The third-order valence-electron chi connectivity index (χ3n) is 5.94. The van der Waals surface area contributed by atoms with E-state index in [1.54, 1.807) is 61.2 Å². The van der Waals surface area contributed by atoms with Gasteiger partial charge in [0, 0.05) is 87.3 Å². The van der Waals surface area contributed by atoms with E-state index in [-0.39, 0.29) is 26.5 Å². The van der Waals surface area contributed by atoms with Crippen molar-refractivity contribution in [2.24, 2.45) is 0 Å². The van der Waals surface area contributed by atoms with Gasteiger partial charge in [-0.3, -0.25) is 0 Å². The summed E-state index contributed by atoms with van der Waals surface area (Å²) in [4.78, 5) is 18.3. The number of benzene rings is 2. The molecule has 0 aliphatic carbocycles. The number of nitrogens with one attached hydrogen (secondary N) is 3. The highest BCUT2D eigenvalue weighted by Gasteiger charge is 2.14. The lowest BCUT2D eigenvalue weighted by Gasteiger charge is -2.29. The van der Waals surface area contributed by atoms with E-state index in [0.717, 1.165) is 58.0 Å². The van der Waals surface area contributed by atoms with E-state index in [1.165, 1.54) is 6.07 Å². The van der Waals surface area contributed by atoms with Gasteiger partial charge < -0.3 is 20.9 Å². The topological polar surface area (TPSA) is 90.9 Å². The van der Waals surface area contributed by atoms with Gasteiger partial charge in [-0.05, 0) is 48.5 Å². The van der Waals surface area contributed by atoms with Crippen molar-refractivity contribution in [3.63, 3.8) is 0 Å². The molecule has 3 N–H and O–H groups in total. The minimum absolute atomic E-state index is 0. The summed E-state index contributed by atoms with van der Waals surface area (Å²) >= 11 is 3.19. The van der Waals surface area contributed by atoms with Crippen LogP contribution in [0.1, 0.15) is 14.9 Å². The van der Waals surface area contributed by atoms with Crippen LogP contribution in [0.3, 0.4) is 0 Å². The van der Waals surface area contributed by atoms with Crippen molar-refractivity contribution < 1.29 is 8.78 Å². The van der Waals surface area contributed by atoms with E-state index in [2.05, 4.69) is 56.7 Å². The molecule has 4 aromatic rings. The van der Waals surface area contributed by atoms with E-state index in [4.69, 9.17) is 0 Å². The van der Waals surface area contributed by atoms with Crippen LogP contribution in [0.5, 0.6) is 0 Å². The van der Waals surface area contributed by atoms with Crippen LogP contribution in [0.25, 0.3) is 22.8 Å². The lowest BCUT2D eigenvalue weighted by molar-refractivity contribution is 0.534. The molecule has 0 spiro atoms. The zero-order valence-corrected chi connectivity index (χ0v) is 23.0. The number of nitrogens with zero attached hydrogens (tertiary/aromatic N) is 5. The third kappa shape index (κ3) is 10.5. The molecule has 2 saturated heterocycles. The van der Waals surface area contributed by atoms with Gasteiger partial charge in [0.2, 0.25) is 0 Å². The summed E-state index contributed by atoms with van der Waals surface area (Å²) in [6, 6.07) is 13.5. The molecule has 2 fully saturated rings. The number of hydrogen-bond acceptors (Lipinski definition) is 8. The zero-order chi connectivity index (χ0) is 27.3. The van der Waals surface area contributed by atoms with Crippen molar-refractivity contribution in [3.8, 4) is 22.8 Å². The molecule has 2 aliphatic heterocycles. The fraction of sp³-hybridized carbons (Fsp3) is 0.333. The molecule has 8 nitrogen and oxygen atoms in total. The SMILES string of the molecule is C.C.C1CNCCN1.Fc1cc(Br)ccc1-c1ncccn1.Fc1cc(N2CCNCC2)ccc1-c1ncccn1. The van der Waals surface area contributed by atoms with Gasteiger partial charge in [-0.2, -0.15) is 0 Å². The second-order valence-electron chi connectivity index (χ2n) is 8.67. The first-order valence-corrected chi connectivity index (χ1v) is 13.6. The summed E-state index contributed by atoms with van der Waals surface area (Å²) in [5.74, 6) is 0.220. The van der Waals surface area contributed by atoms with Crippen LogP contribution in [0, 0.1) is 11.6 Å². The van der Waals surface area contributed by atoms with E-state index in [1.807, 2.05) is 6.07 Å². The summed E-state index contributed by atoms with van der Waals surface area (Å²) in [6.45, 7) is 8.23. The monoisotopic (exact) mass is 628 g/mol. The minimum atomic E-state index is -0.328. The van der Waals surface area contributed by atoms with Crippen molar-refractivity contribution >= 4 is 21.6 Å². The first kappa shape index (κ1) is 33.8. The Bertz CT molecular complexity index is 1280. The normalized spacial score (nSPS) is 14.2. The highest BCUT2D eigenvalue weighted by atomic mass is 79.9. The van der Waals surface area contributed by atoms with Crippen LogP contribution in [-0.2, 0) is 0 Å². The first-order valence-electron chi connectivity index (χ1n) is 12.8. The molecule has 6 rings (SSSR count). The Labute approximate surface area is 250 Å². The summed E-state index contributed by atoms with van der Waals surface area (Å²) in [7, 11) is 0. The van der Waals surface area contributed by atoms with Gasteiger partial charge in [0.1, 0.15) is 11.6 Å². The molecule has 0 unspecified atom stereocenters. The second-order valence-corrected chi connectivity index (χ2v) is 9.59. The number of piperazine rings is 2. The average molecular weight is 630 g/mol. The Kier molecular flexibility index (Phi) is 15.0. The molecular weight excluding hydrogens is 590 g/mol. The maximum Gasteiger partial charge on any atom is 0.162 e. The highest BCUT2D eigenvalue weighted by molar-refractivity contribution is 9.10. The number of halogens is 3. The maximum absolute atomic E-state index is 14.2. The van der Waals surface area contributed by atoms with Crippen LogP contribution < -0.4 is 20.9 Å². The van der Waals surface area contributed by atoms with Crippen molar-refractivity contribution in [2.75, 3.05) is 57.3 Å². The Balaban J connectivity index is 0.000000235. The molecule has 41 heavy (non-hydrogen) atoms. The number of hydrogen-bond donors (Lipinski definition) is 3. The molecule has 0 bridgehead atoms. The molecule has 2 aliphatic rings. The molecule has 0 atom stereocenters. The predicted octanol–water partition coefficient (Wildman–Crippen LogP) is 5.19. The fourth-order valence-electron chi connectivity index (χ4n) is 3.96. The van der Waals surface area contributed by atoms with Crippen LogP contribution in [0.2, 0.25) is 0 Å². The van der Waals surface area contributed by atoms with E-state index < -0.39 is 0 Å². The van der Waals surface area contributed by atoms with E-state index in [9.17, 15) is 8.78 Å². The van der Waals surface area contributed by atoms with Gasteiger partial charge in [-0.25, -0.2) is 28.7 Å². The molecule has 0 saturated carbocycles. The Morgan fingerprint density at radius 1 is 0.610 bits per heavy atom. The average Bonchev–Trinajstić information content (AvgIpc) is 3.00. The third-order valence-corrected chi connectivity index (χ3v) is 6.43. The summed E-state index contributed by atoms with van der Waals surface area (Å²) in [5.41, 5.74) is 1.77. The van der Waals surface area contributed by atoms with Crippen LogP contribution in [0.4, 0.5) is 14.5 Å². The summed E-state index contributed by atoms with van der Waals surface area (Å²) in [6.07, 6.45) is 6.41. The summed E-state index contributed by atoms with van der Waals surface area (Å²) in [5, 5.41) is 9.73. The Hall–Kier alpha value is -3.38. The minimum Gasteiger partial charge on any atom is -0.369 e. The van der Waals surface area contributed by atoms with Gasteiger partial charge in [-0.1, -0.05) is 30.8 Å². The standard InChI is InChI=1S/C14H15FN4.C10H6BrFN2.C4H10N2.2CH4/c15-13-10-11(19-8-6-16-7-9-19)2-3-12(13)14-17-4-1-5-18-14;11-7-2-3-8(9(12)6-7)10-13-4-1-5-14-10;1-2-6-4-3-5-1;;/h1-5,10,16H,6-9H2;1-6H;5-6H,1-4H2;2*1H4. The lowest BCUT2D eigenvalue weighted by atomic mass is 10.1. The number of aromatic nitrogens is 4. The Morgan fingerprint density at radius 2 is 1.05 bits per heavy atom. The van der Waals surface area contributed by atoms with Gasteiger partial charge in [-0.15, -0.1) is 0 Å². The molecule has 0 amide bonds. The number of anilines is 1. The molecule has 2 aromatic heterocycles.